The van der Waals surface area contributed by atoms with Gasteiger partial charge in [-0.1, -0.05) is 11.6 Å². The zero-order chi connectivity index (χ0) is 14.3. The lowest BCUT2D eigenvalue weighted by atomic mass is 10.1. The maximum Gasteiger partial charge on any atom is 0.231 e. The Morgan fingerprint density at radius 3 is 2.58 bits per heavy atom. The summed E-state index contributed by atoms with van der Waals surface area (Å²) in [5.74, 6) is -0.206. The van der Waals surface area contributed by atoms with Gasteiger partial charge in [0.1, 0.15) is 0 Å². The van der Waals surface area contributed by atoms with Gasteiger partial charge in [-0.25, -0.2) is 8.42 Å². The molecular formula is C12H15ClN2O3S. The molecular weight excluding hydrogens is 288 g/mol. The maximum atomic E-state index is 12.0. The average Bonchev–Trinajstić information content (AvgIpc) is 3.11. The Bertz CT molecular complexity index is 624. The average molecular weight is 303 g/mol. The van der Waals surface area contributed by atoms with Crippen molar-refractivity contribution in [3.05, 3.63) is 23.2 Å². The Morgan fingerprint density at radius 1 is 1.47 bits per heavy atom. The topological polar surface area (TPSA) is 89.3 Å². The number of rotatable bonds is 4. The molecule has 7 heteroatoms. The predicted octanol–water partition coefficient (Wildman–Crippen LogP) is 1.42. The van der Waals surface area contributed by atoms with Gasteiger partial charge in [0.05, 0.1) is 21.0 Å². The highest BCUT2D eigenvalue weighted by Crippen LogP contribution is 2.45. The largest absolute Gasteiger partial charge is 0.329 e. The Balaban J connectivity index is 2.28. The van der Waals surface area contributed by atoms with Gasteiger partial charge < -0.3 is 11.1 Å². The standard InChI is InChI=1S/C12H15ClN2O3S/c1-19(17,18)8-2-3-9(13)10(6-8)15-11(16)12(7-14)4-5-12/h2-3,6H,4-5,7,14H2,1H3,(H,15,16). The summed E-state index contributed by atoms with van der Waals surface area (Å²) in [6, 6.07) is 4.22. The van der Waals surface area contributed by atoms with Crippen LogP contribution in [-0.4, -0.2) is 27.1 Å². The second-order valence-corrected chi connectivity index (χ2v) is 7.28. The number of halogens is 1. The quantitative estimate of drug-likeness (QED) is 0.880. The fraction of sp³-hybridized carbons (Fsp3) is 0.417. The fourth-order valence-corrected chi connectivity index (χ4v) is 2.57. The van der Waals surface area contributed by atoms with Crippen molar-refractivity contribution in [2.24, 2.45) is 11.1 Å². The van der Waals surface area contributed by atoms with Crippen LogP contribution in [0.4, 0.5) is 5.69 Å². The summed E-state index contributed by atoms with van der Waals surface area (Å²) in [5, 5.41) is 2.96. The Labute approximate surface area is 117 Å². The van der Waals surface area contributed by atoms with Crippen LogP contribution < -0.4 is 11.1 Å². The number of benzene rings is 1. The molecule has 0 atom stereocenters. The predicted molar refractivity (Wildman–Crippen MR) is 73.9 cm³/mol. The van der Waals surface area contributed by atoms with Crippen molar-refractivity contribution in [2.45, 2.75) is 17.7 Å². The normalized spacial score (nSPS) is 17.0. The van der Waals surface area contributed by atoms with E-state index in [1.165, 1.54) is 18.2 Å². The highest BCUT2D eigenvalue weighted by atomic mass is 35.5. The van der Waals surface area contributed by atoms with Crippen molar-refractivity contribution < 1.29 is 13.2 Å². The highest BCUT2D eigenvalue weighted by Gasteiger charge is 2.48. The summed E-state index contributed by atoms with van der Waals surface area (Å²) < 4.78 is 22.9. The number of amides is 1. The molecule has 1 amide bonds. The van der Waals surface area contributed by atoms with E-state index in [9.17, 15) is 13.2 Å². The van der Waals surface area contributed by atoms with Crippen LogP contribution in [0.15, 0.2) is 23.1 Å². The number of anilines is 1. The van der Waals surface area contributed by atoms with E-state index in [0.717, 1.165) is 19.1 Å². The van der Waals surface area contributed by atoms with E-state index < -0.39 is 15.3 Å². The van der Waals surface area contributed by atoms with Crippen LogP contribution >= 0.6 is 11.6 Å². The van der Waals surface area contributed by atoms with Gasteiger partial charge in [-0.05, 0) is 31.0 Å². The molecule has 0 aromatic heterocycles. The lowest BCUT2D eigenvalue weighted by molar-refractivity contribution is -0.120. The summed E-state index contributed by atoms with van der Waals surface area (Å²) in [6.45, 7) is 0.280. The third-order valence-corrected chi connectivity index (χ3v) is 4.78. The van der Waals surface area contributed by atoms with Crippen molar-refractivity contribution in [1.82, 2.24) is 0 Å². The van der Waals surface area contributed by atoms with E-state index in [2.05, 4.69) is 5.32 Å². The van der Waals surface area contributed by atoms with Crippen LogP contribution in [0, 0.1) is 5.41 Å². The lowest BCUT2D eigenvalue weighted by Crippen LogP contribution is -2.31. The minimum Gasteiger partial charge on any atom is -0.329 e. The van der Waals surface area contributed by atoms with Gasteiger partial charge in [0.25, 0.3) is 0 Å². The van der Waals surface area contributed by atoms with E-state index in [1.54, 1.807) is 0 Å². The molecule has 0 aliphatic heterocycles. The molecule has 1 aliphatic rings. The first-order valence-electron chi connectivity index (χ1n) is 5.80. The van der Waals surface area contributed by atoms with E-state index in [1.807, 2.05) is 0 Å². The van der Waals surface area contributed by atoms with E-state index in [0.29, 0.717) is 10.7 Å². The minimum atomic E-state index is -3.34. The summed E-state index contributed by atoms with van der Waals surface area (Å²) in [4.78, 5) is 12.2. The van der Waals surface area contributed by atoms with Crippen molar-refractivity contribution in [2.75, 3.05) is 18.1 Å². The number of nitrogens with one attached hydrogen (secondary N) is 1. The van der Waals surface area contributed by atoms with Crippen LogP contribution in [0.2, 0.25) is 5.02 Å². The minimum absolute atomic E-state index is 0.116. The highest BCUT2D eigenvalue weighted by molar-refractivity contribution is 7.90. The molecule has 1 fully saturated rings. The maximum absolute atomic E-state index is 12.0. The third kappa shape index (κ3) is 2.91. The number of hydrogen-bond acceptors (Lipinski definition) is 4. The molecule has 2 rings (SSSR count). The van der Waals surface area contributed by atoms with Crippen molar-refractivity contribution in [1.29, 1.82) is 0 Å². The molecule has 0 bridgehead atoms. The van der Waals surface area contributed by atoms with Crippen LogP contribution in [-0.2, 0) is 14.6 Å². The van der Waals surface area contributed by atoms with E-state index in [-0.39, 0.29) is 17.3 Å². The van der Waals surface area contributed by atoms with Crippen LogP contribution in [0.25, 0.3) is 0 Å². The smallest absolute Gasteiger partial charge is 0.231 e. The monoisotopic (exact) mass is 302 g/mol. The van der Waals surface area contributed by atoms with Gasteiger partial charge in [0.15, 0.2) is 9.84 Å². The Kier molecular flexibility index (Phi) is 3.59. The first-order chi connectivity index (χ1) is 8.78. The second-order valence-electron chi connectivity index (χ2n) is 4.85. The zero-order valence-corrected chi connectivity index (χ0v) is 12.0. The number of nitrogens with two attached hydrogens (primary N) is 1. The van der Waals surface area contributed by atoms with Gasteiger partial charge >= 0.3 is 0 Å². The third-order valence-electron chi connectivity index (χ3n) is 3.34. The summed E-state index contributed by atoms with van der Waals surface area (Å²) >= 11 is 5.96. The van der Waals surface area contributed by atoms with Gasteiger partial charge in [-0.3, -0.25) is 4.79 Å². The zero-order valence-electron chi connectivity index (χ0n) is 10.4. The second kappa shape index (κ2) is 4.77. The molecule has 1 saturated carbocycles. The van der Waals surface area contributed by atoms with Gasteiger partial charge in [-0.2, -0.15) is 0 Å². The van der Waals surface area contributed by atoms with Crippen LogP contribution in [0.3, 0.4) is 0 Å². The molecule has 0 unspecified atom stereocenters. The van der Waals surface area contributed by atoms with Gasteiger partial charge in [0, 0.05) is 12.8 Å². The molecule has 0 radical (unpaired) electrons. The molecule has 0 spiro atoms. The van der Waals surface area contributed by atoms with Crippen molar-refractivity contribution in [3.8, 4) is 0 Å². The number of carbonyl (C=O) groups is 1. The summed E-state index contributed by atoms with van der Waals surface area (Å²) in [5.41, 5.74) is 5.36. The molecule has 19 heavy (non-hydrogen) atoms. The molecule has 1 aromatic rings. The first kappa shape index (κ1) is 14.3. The molecule has 5 nitrogen and oxygen atoms in total. The molecule has 0 saturated heterocycles. The molecule has 1 aliphatic carbocycles. The fourth-order valence-electron chi connectivity index (χ4n) is 1.76. The summed E-state index contributed by atoms with van der Waals surface area (Å²) in [6.07, 6.45) is 2.60. The number of hydrogen-bond donors (Lipinski definition) is 2. The first-order valence-corrected chi connectivity index (χ1v) is 8.07. The SMILES string of the molecule is CS(=O)(=O)c1ccc(Cl)c(NC(=O)C2(CN)CC2)c1. The number of sulfone groups is 1. The van der Waals surface area contributed by atoms with Crippen molar-refractivity contribution >= 4 is 33.0 Å². The van der Waals surface area contributed by atoms with Gasteiger partial charge in [0.2, 0.25) is 5.91 Å². The van der Waals surface area contributed by atoms with Crippen molar-refractivity contribution in [3.63, 3.8) is 0 Å². The number of carbonyl (C=O) groups excluding carboxylic acids is 1. The summed E-state index contributed by atoms with van der Waals surface area (Å²) in [7, 11) is -3.34. The lowest BCUT2D eigenvalue weighted by Gasteiger charge is -2.14. The Hall–Kier alpha value is -1.11. The Morgan fingerprint density at radius 2 is 2.11 bits per heavy atom. The molecule has 1 aromatic carbocycles. The van der Waals surface area contributed by atoms with Gasteiger partial charge in [-0.15, -0.1) is 0 Å². The molecule has 3 N–H and O–H groups in total. The van der Waals surface area contributed by atoms with Crippen LogP contribution in [0.5, 0.6) is 0 Å². The van der Waals surface area contributed by atoms with E-state index in [4.69, 9.17) is 17.3 Å². The van der Waals surface area contributed by atoms with Crippen LogP contribution in [0.1, 0.15) is 12.8 Å². The van der Waals surface area contributed by atoms with E-state index >= 15 is 0 Å². The molecule has 0 heterocycles. The molecule has 104 valence electrons.